The summed E-state index contributed by atoms with van der Waals surface area (Å²) in [5, 5.41) is 0. The zero-order chi connectivity index (χ0) is 14.5. The van der Waals surface area contributed by atoms with Crippen molar-refractivity contribution >= 4 is 11.4 Å². The second-order valence-corrected chi connectivity index (χ2v) is 3.91. The van der Waals surface area contributed by atoms with Crippen LogP contribution in [0.3, 0.4) is 0 Å². The standard InChI is InChI=1S/C11H13F3N2O.C2H6/c12-11(13,14)8-5-9(15)7-10(6-8)16-1-3-17-4-2-16;1-2/h5-7H,1-4,15H2;1-2H3. The van der Waals surface area contributed by atoms with Gasteiger partial charge in [-0.1, -0.05) is 13.8 Å². The molecule has 1 aliphatic rings. The smallest absolute Gasteiger partial charge is 0.399 e. The molecule has 0 bridgehead atoms. The minimum Gasteiger partial charge on any atom is -0.399 e. The van der Waals surface area contributed by atoms with E-state index in [0.29, 0.717) is 32.0 Å². The first-order valence-electron chi connectivity index (χ1n) is 6.27. The van der Waals surface area contributed by atoms with Crippen molar-refractivity contribution in [1.82, 2.24) is 0 Å². The van der Waals surface area contributed by atoms with E-state index in [1.807, 2.05) is 18.7 Å². The Balaban J connectivity index is 0.000000861. The fraction of sp³-hybridized carbons (Fsp3) is 0.538. The number of anilines is 2. The Hall–Kier alpha value is -1.43. The lowest BCUT2D eigenvalue weighted by atomic mass is 10.1. The van der Waals surface area contributed by atoms with E-state index in [0.717, 1.165) is 12.1 Å². The van der Waals surface area contributed by atoms with Gasteiger partial charge in [-0.3, -0.25) is 0 Å². The summed E-state index contributed by atoms with van der Waals surface area (Å²) < 4.78 is 43.0. The molecule has 1 aromatic rings. The number of hydrogen-bond acceptors (Lipinski definition) is 3. The fourth-order valence-electron chi connectivity index (χ4n) is 1.80. The highest BCUT2D eigenvalue weighted by molar-refractivity contribution is 5.59. The second kappa shape index (κ2) is 6.65. The van der Waals surface area contributed by atoms with Crippen LogP contribution in [0.5, 0.6) is 0 Å². The number of nitrogen functional groups attached to an aromatic ring is 1. The van der Waals surface area contributed by atoms with Crippen molar-refractivity contribution in [3.63, 3.8) is 0 Å². The van der Waals surface area contributed by atoms with E-state index in [-0.39, 0.29) is 5.69 Å². The van der Waals surface area contributed by atoms with Crippen LogP contribution in [0.1, 0.15) is 19.4 Å². The number of hydrogen-bond donors (Lipinski definition) is 1. The molecule has 108 valence electrons. The number of rotatable bonds is 1. The van der Waals surface area contributed by atoms with Crippen LogP contribution >= 0.6 is 0 Å². The lowest BCUT2D eigenvalue weighted by Gasteiger charge is -2.29. The minimum atomic E-state index is -4.36. The molecule has 1 saturated heterocycles. The van der Waals surface area contributed by atoms with Crippen LogP contribution in [0.2, 0.25) is 0 Å². The van der Waals surface area contributed by atoms with Crippen molar-refractivity contribution in [3.8, 4) is 0 Å². The van der Waals surface area contributed by atoms with Gasteiger partial charge < -0.3 is 15.4 Å². The molecule has 1 heterocycles. The summed E-state index contributed by atoms with van der Waals surface area (Å²) in [5.74, 6) is 0. The van der Waals surface area contributed by atoms with Crippen molar-refractivity contribution in [1.29, 1.82) is 0 Å². The van der Waals surface area contributed by atoms with Gasteiger partial charge >= 0.3 is 6.18 Å². The highest BCUT2D eigenvalue weighted by atomic mass is 19.4. The first-order chi connectivity index (χ1) is 8.97. The molecule has 0 spiro atoms. The summed E-state index contributed by atoms with van der Waals surface area (Å²) in [5.41, 5.74) is 5.42. The summed E-state index contributed by atoms with van der Waals surface area (Å²) in [6.45, 7) is 6.22. The predicted octanol–water partition coefficient (Wildman–Crippen LogP) is 3.15. The van der Waals surface area contributed by atoms with Gasteiger partial charge in [0.25, 0.3) is 0 Å². The molecule has 0 amide bonds. The van der Waals surface area contributed by atoms with E-state index >= 15 is 0 Å². The molecule has 1 fully saturated rings. The van der Waals surface area contributed by atoms with Gasteiger partial charge in [0, 0.05) is 24.5 Å². The van der Waals surface area contributed by atoms with E-state index in [9.17, 15) is 13.2 Å². The predicted molar refractivity (Wildman–Crippen MR) is 70.2 cm³/mol. The third kappa shape index (κ3) is 4.31. The Bertz CT molecular complexity index is 401. The van der Waals surface area contributed by atoms with Crippen molar-refractivity contribution in [2.75, 3.05) is 36.9 Å². The van der Waals surface area contributed by atoms with Crippen molar-refractivity contribution in [2.24, 2.45) is 0 Å². The van der Waals surface area contributed by atoms with Crippen LogP contribution in [0.4, 0.5) is 24.5 Å². The molecule has 0 aromatic heterocycles. The van der Waals surface area contributed by atoms with Crippen LogP contribution in [0, 0.1) is 0 Å². The van der Waals surface area contributed by atoms with Crippen LogP contribution < -0.4 is 10.6 Å². The maximum atomic E-state index is 12.6. The highest BCUT2D eigenvalue weighted by Gasteiger charge is 2.31. The number of benzene rings is 1. The molecule has 2 N–H and O–H groups in total. The quantitative estimate of drug-likeness (QED) is 0.801. The Kier molecular flexibility index (Phi) is 5.47. The largest absolute Gasteiger partial charge is 0.416 e. The molecule has 0 unspecified atom stereocenters. The highest BCUT2D eigenvalue weighted by Crippen LogP contribution is 2.33. The molecular formula is C13H19F3N2O. The van der Waals surface area contributed by atoms with Gasteiger partial charge in [-0.05, 0) is 18.2 Å². The van der Waals surface area contributed by atoms with Crippen LogP contribution in [-0.2, 0) is 10.9 Å². The Morgan fingerprint density at radius 1 is 1.11 bits per heavy atom. The molecule has 1 aromatic carbocycles. The molecule has 1 aliphatic heterocycles. The number of nitrogens with zero attached hydrogens (tertiary/aromatic N) is 1. The van der Waals surface area contributed by atoms with Crippen LogP contribution in [-0.4, -0.2) is 26.3 Å². The number of nitrogens with two attached hydrogens (primary N) is 1. The van der Waals surface area contributed by atoms with Gasteiger partial charge in [0.05, 0.1) is 18.8 Å². The fourth-order valence-corrected chi connectivity index (χ4v) is 1.80. The molecule has 19 heavy (non-hydrogen) atoms. The molecule has 3 nitrogen and oxygen atoms in total. The van der Waals surface area contributed by atoms with Gasteiger partial charge in [0.2, 0.25) is 0 Å². The number of alkyl halides is 3. The average molecular weight is 276 g/mol. The lowest BCUT2D eigenvalue weighted by molar-refractivity contribution is -0.137. The maximum absolute atomic E-state index is 12.6. The monoisotopic (exact) mass is 276 g/mol. The van der Waals surface area contributed by atoms with Crippen molar-refractivity contribution in [2.45, 2.75) is 20.0 Å². The van der Waals surface area contributed by atoms with Crippen LogP contribution in [0.25, 0.3) is 0 Å². The molecule has 0 saturated carbocycles. The third-order valence-electron chi connectivity index (χ3n) is 2.64. The molecule has 0 atom stereocenters. The second-order valence-electron chi connectivity index (χ2n) is 3.91. The zero-order valence-electron chi connectivity index (χ0n) is 11.1. The summed E-state index contributed by atoms with van der Waals surface area (Å²) >= 11 is 0. The summed E-state index contributed by atoms with van der Waals surface area (Å²) in [7, 11) is 0. The van der Waals surface area contributed by atoms with Crippen molar-refractivity contribution in [3.05, 3.63) is 23.8 Å². The zero-order valence-corrected chi connectivity index (χ0v) is 11.1. The normalized spacial score (nSPS) is 15.7. The Labute approximate surface area is 111 Å². The molecule has 0 radical (unpaired) electrons. The van der Waals surface area contributed by atoms with Crippen molar-refractivity contribution < 1.29 is 17.9 Å². The number of morpholine rings is 1. The van der Waals surface area contributed by atoms with Gasteiger partial charge in [-0.25, -0.2) is 0 Å². The topological polar surface area (TPSA) is 38.5 Å². The van der Waals surface area contributed by atoms with Gasteiger partial charge in [0.1, 0.15) is 0 Å². The molecule has 6 heteroatoms. The summed E-state index contributed by atoms with van der Waals surface area (Å²) in [6, 6.07) is 3.63. The van der Waals surface area contributed by atoms with E-state index < -0.39 is 11.7 Å². The van der Waals surface area contributed by atoms with E-state index in [1.165, 1.54) is 0 Å². The Morgan fingerprint density at radius 2 is 1.68 bits per heavy atom. The number of halogens is 3. The number of ether oxygens (including phenoxy) is 1. The third-order valence-corrected chi connectivity index (χ3v) is 2.64. The van der Waals surface area contributed by atoms with E-state index in [4.69, 9.17) is 10.5 Å². The minimum absolute atomic E-state index is 0.126. The van der Waals surface area contributed by atoms with Gasteiger partial charge in [-0.2, -0.15) is 13.2 Å². The van der Waals surface area contributed by atoms with E-state index in [1.54, 1.807) is 6.07 Å². The SMILES string of the molecule is CC.Nc1cc(N2CCOCC2)cc(C(F)(F)F)c1. The van der Waals surface area contributed by atoms with Crippen LogP contribution in [0.15, 0.2) is 18.2 Å². The summed E-state index contributed by atoms with van der Waals surface area (Å²) in [6.07, 6.45) is -4.36. The Morgan fingerprint density at radius 3 is 2.21 bits per heavy atom. The molecular weight excluding hydrogens is 257 g/mol. The average Bonchev–Trinajstić information content (AvgIpc) is 2.40. The maximum Gasteiger partial charge on any atom is 0.416 e. The van der Waals surface area contributed by atoms with Gasteiger partial charge in [-0.15, -0.1) is 0 Å². The van der Waals surface area contributed by atoms with Gasteiger partial charge in [0.15, 0.2) is 0 Å². The lowest BCUT2D eigenvalue weighted by Crippen LogP contribution is -2.36. The van der Waals surface area contributed by atoms with E-state index in [2.05, 4.69) is 0 Å². The summed E-state index contributed by atoms with van der Waals surface area (Å²) in [4.78, 5) is 1.84. The first-order valence-corrected chi connectivity index (χ1v) is 6.27. The molecule has 2 rings (SSSR count). The molecule has 0 aliphatic carbocycles. The first kappa shape index (κ1) is 15.6.